The molecule has 0 saturated carbocycles. The molecule has 1 unspecified atom stereocenters. The predicted molar refractivity (Wildman–Crippen MR) is 74.5 cm³/mol. The van der Waals surface area contributed by atoms with Gasteiger partial charge in [-0.3, -0.25) is 4.79 Å². The minimum absolute atomic E-state index is 0.258. The van der Waals surface area contributed by atoms with E-state index in [2.05, 4.69) is 5.32 Å². The van der Waals surface area contributed by atoms with E-state index < -0.39 is 21.9 Å². The minimum Gasteiger partial charge on any atom is -0.398 e. The second-order valence-electron chi connectivity index (χ2n) is 3.98. The Morgan fingerprint density at radius 1 is 1.42 bits per heavy atom. The zero-order valence-corrected chi connectivity index (χ0v) is 11.2. The van der Waals surface area contributed by atoms with Crippen LogP contribution in [-0.4, -0.2) is 12.5 Å². The van der Waals surface area contributed by atoms with Gasteiger partial charge in [0, 0.05) is 28.8 Å². The summed E-state index contributed by atoms with van der Waals surface area (Å²) in [5.41, 5.74) is 6.54. The van der Waals surface area contributed by atoms with Gasteiger partial charge in [0.05, 0.1) is 0 Å². The van der Waals surface area contributed by atoms with Gasteiger partial charge in [-0.25, -0.2) is 8.78 Å². The fourth-order valence-corrected chi connectivity index (χ4v) is 3.45. The summed E-state index contributed by atoms with van der Waals surface area (Å²) < 4.78 is 26.7. The monoisotopic (exact) mass is 284 g/mol. The average molecular weight is 284 g/mol. The first-order chi connectivity index (χ1) is 9.02. The quantitative estimate of drug-likeness (QED) is 0.590. The minimum atomic E-state index is -1.56. The van der Waals surface area contributed by atoms with Gasteiger partial charge in [0.25, 0.3) is 5.91 Å². The summed E-state index contributed by atoms with van der Waals surface area (Å²) >= 11 is 0. The molecule has 1 amide bonds. The highest BCUT2D eigenvalue weighted by atomic mass is 32.2. The van der Waals surface area contributed by atoms with Gasteiger partial charge in [-0.1, -0.05) is 0 Å². The third kappa shape index (κ3) is 2.78. The first-order valence-electron chi connectivity index (χ1n) is 5.74. The molecule has 102 valence electrons. The molecule has 1 aromatic rings. The molecule has 1 heterocycles. The van der Waals surface area contributed by atoms with Crippen LogP contribution in [0.4, 0.5) is 14.5 Å². The summed E-state index contributed by atoms with van der Waals surface area (Å²) in [4.78, 5) is 12.2. The Balaban J connectivity index is 2.38. The summed E-state index contributed by atoms with van der Waals surface area (Å²) in [5.74, 6) is -0.863. The molecule has 0 radical (unpaired) electrons. The number of hydrogen-bond acceptors (Lipinski definition) is 2. The highest BCUT2D eigenvalue weighted by Crippen LogP contribution is 2.53. The van der Waals surface area contributed by atoms with Crippen LogP contribution in [0.25, 0.3) is 0 Å². The molecule has 1 atom stereocenters. The van der Waals surface area contributed by atoms with Crippen molar-refractivity contribution in [2.24, 2.45) is 0 Å². The number of nitrogen functional groups attached to an aromatic ring is 1. The number of hydrogen-bond donors (Lipinski definition) is 3. The van der Waals surface area contributed by atoms with Crippen molar-refractivity contribution < 1.29 is 13.6 Å². The molecule has 2 rings (SSSR count). The molecule has 0 aromatic heterocycles. The molecule has 1 aliphatic rings. The van der Waals surface area contributed by atoms with E-state index in [4.69, 9.17) is 5.73 Å². The van der Waals surface area contributed by atoms with Crippen molar-refractivity contribution in [1.29, 1.82) is 0 Å². The zero-order chi connectivity index (χ0) is 14.0. The molecule has 3 nitrogen and oxygen atoms in total. The van der Waals surface area contributed by atoms with Crippen LogP contribution in [0.3, 0.4) is 0 Å². The van der Waals surface area contributed by atoms with Gasteiger partial charge < -0.3 is 11.1 Å². The van der Waals surface area contributed by atoms with Crippen LogP contribution < -0.4 is 11.1 Å². The highest BCUT2D eigenvalue weighted by molar-refractivity contribution is 8.23. The Hall–Kier alpha value is -1.82. The second-order valence-corrected chi connectivity index (χ2v) is 5.89. The molecular formula is C13H14F2N2OS. The third-order valence-electron chi connectivity index (χ3n) is 2.63. The summed E-state index contributed by atoms with van der Waals surface area (Å²) in [6, 6.07) is 4.63. The van der Waals surface area contributed by atoms with E-state index in [9.17, 15) is 13.6 Å². The van der Waals surface area contributed by atoms with Gasteiger partial charge in [0.1, 0.15) is 11.0 Å². The van der Waals surface area contributed by atoms with E-state index in [-0.39, 0.29) is 5.91 Å². The maximum atomic E-state index is 13.6. The van der Waals surface area contributed by atoms with Gasteiger partial charge in [0.15, 0.2) is 0 Å². The number of nitrogens with one attached hydrogen (secondary N) is 1. The number of thiol groups is 1. The molecule has 3 N–H and O–H groups in total. The number of carbonyl (C=O) groups is 1. The fraction of sp³-hybridized carbons (Fsp3) is 0.154. The van der Waals surface area contributed by atoms with Crippen LogP contribution in [0.2, 0.25) is 0 Å². The molecule has 19 heavy (non-hydrogen) atoms. The number of amides is 1. The van der Waals surface area contributed by atoms with Crippen molar-refractivity contribution in [2.45, 2.75) is 11.8 Å². The predicted octanol–water partition coefficient (Wildman–Crippen LogP) is 3.01. The maximum absolute atomic E-state index is 13.6. The van der Waals surface area contributed by atoms with Crippen LogP contribution >= 0.6 is 10.9 Å². The van der Waals surface area contributed by atoms with Crippen molar-refractivity contribution in [2.75, 3.05) is 12.3 Å². The number of carbonyl (C=O) groups excluding carboxylic acids is 1. The van der Waals surface area contributed by atoms with Crippen LogP contribution in [0, 0.1) is 0 Å². The van der Waals surface area contributed by atoms with Crippen molar-refractivity contribution in [3.8, 4) is 0 Å². The van der Waals surface area contributed by atoms with E-state index in [0.29, 0.717) is 22.7 Å². The average Bonchev–Trinajstić information content (AvgIpc) is 2.69. The standard InChI is InChI=1S/C13H14F2N2OS/c1-2-17-13(18)8-3-4-10(16)11(5-8)19-7-9(14)6-12(19)15/h3-7,19H,2,16H2,1H3,(H,17,18). The SMILES string of the molecule is CCNC(=O)c1ccc(N)c([SH]2C=C(F)C=C2F)c1. The summed E-state index contributed by atoms with van der Waals surface area (Å²) in [7, 11) is -1.56. The number of rotatable bonds is 3. The number of benzene rings is 1. The highest BCUT2D eigenvalue weighted by Gasteiger charge is 2.21. The second kappa shape index (κ2) is 5.44. The Bertz CT molecular complexity index is 584. The lowest BCUT2D eigenvalue weighted by atomic mass is 10.2. The van der Waals surface area contributed by atoms with Crippen molar-refractivity contribution >= 4 is 22.5 Å². The normalized spacial score (nSPS) is 19.8. The molecule has 0 fully saturated rings. The van der Waals surface area contributed by atoms with Crippen LogP contribution in [0.5, 0.6) is 0 Å². The molecule has 0 aliphatic carbocycles. The molecule has 0 saturated heterocycles. The fourth-order valence-electron chi connectivity index (χ4n) is 1.75. The Morgan fingerprint density at radius 3 is 2.74 bits per heavy atom. The van der Waals surface area contributed by atoms with Crippen molar-refractivity contribution in [3.63, 3.8) is 0 Å². The first kappa shape index (κ1) is 13.6. The Morgan fingerprint density at radius 2 is 2.16 bits per heavy atom. The van der Waals surface area contributed by atoms with Gasteiger partial charge in [-0.05, 0) is 30.5 Å². The summed E-state index contributed by atoms with van der Waals surface area (Å²) in [5, 5.41) is 3.31. The Labute approximate surface area is 112 Å². The third-order valence-corrected chi connectivity index (χ3v) is 4.63. The van der Waals surface area contributed by atoms with Crippen LogP contribution in [-0.2, 0) is 0 Å². The number of allylic oxidation sites excluding steroid dienone is 2. The zero-order valence-electron chi connectivity index (χ0n) is 10.3. The lowest BCUT2D eigenvalue weighted by Gasteiger charge is -2.16. The smallest absolute Gasteiger partial charge is 0.251 e. The van der Waals surface area contributed by atoms with E-state index in [0.717, 1.165) is 6.08 Å². The largest absolute Gasteiger partial charge is 0.398 e. The number of anilines is 1. The molecule has 6 heteroatoms. The number of halogens is 2. The van der Waals surface area contributed by atoms with Crippen molar-refractivity contribution in [1.82, 2.24) is 5.32 Å². The number of nitrogens with two attached hydrogens (primary N) is 1. The molecule has 0 bridgehead atoms. The lowest BCUT2D eigenvalue weighted by Crippen LogP contribution is -2.22. The molecule has 1 aliphatic heterocycles. The molecule has 0 spiro atoms. The van der Waals surface area contributed by atoms with E-state index in [1.54, 1.807) is 19.1 Å². The maximum Gasteiger partial charge on any atom is 0.251 e. The van der Waals surface area contributed by atoms with Gasteiger partial charge in [-0.15, -0.1) is 10.9 Å². The van der Waals surface area contributed by atoms with Gasteiger partial charge >= 0.3 is 0 Å². The van der Waals surface area contributed by atoms with E-state index >= 15 is 0 Å². The van der Waals surface area contributed by atoms with Gasteiger partial charge in [0.2, 0.25) is 0 Å². The van der Waals surface area contributed by atoms with Crippen molar-refractivity contribution in [3.05, 3.63) is 46.2 Å². The van der Waals surface area contributed by atoms with E-state index in [1.165, 1.54) is 11.5 Å². The van der Waals surface area contributed by atoms with Gasteiger partial charge in [-0.2, -0.15) is 0 Å². The van der Waals surface area contributed by atoms with Crippen LogP contribution in [0.15, 0.2) is 45.6 Å². The topological polar surface area (TPSA) is 55.1 Å². The summed E-state index contributed by atoms with van der Waals surface area (Å²) in [6.07, 6.45) is 0.851. The van der Waals surface area contributed by atoms with E-state index in [1.807, 2.05) is 0 Å². The summed E-state index contributed by atoms with van der Waals surface area (Å²) in [6.45, 7) is 2.30. The first-order valence-corrected chi connectivity index (χ1v) is 7.15. The van der Waals surface area contributed by atoms with Crippen LogP contribution in [0.1, 0.15) is 17.3 Å². The Kier molecular flexibility index (Phi) is 3.90. The molecule has 1 aromatic carbocycles. The lowest BCUT2D eigenvalue weighted by molar-refractivity contribution is 0.0955. The molecular weight excluding hydrogens is 270 g/mol.